The van der Waals surface area contributed by atoms with Gasteiger partial charge in [-0.05, 0) is 46.2 Å². The first-order valence-corrected chi connectivity index (χ1v) is 9.63. The van der Waals surface area contributed by atoms with Crippen molar-refractivity contribution in [1.82, 2.24) is 20.9 Å². The Morgan fingerprint density at radius 3 is 2.31 bits per heavy atom. The summed E-state index contributed by atoms with van der Waals surface area (Å²) < 4.78 is 0. The highest BCUT2D eigenvalue weighted by Crippen LogP contribution is 2.29. The summed E-state index contributed by atoms with van der Waals surface area (Å²) in [5, 5.41) is 8.97. The topological polar surface area (TPSA) is 117 Å². The van der Waals surface area contributed by atoms with Gasteiger partial charge in [-0.25, -0.2) is 0 Å². The number of carbonyl (C=O) groups is 3. The second kappa shape index (κ2) is 9.32. The zero-order valence-corrected chi connectivity index (χ0v) is 16.1. The average molecular weight is 367 g/mol. The van der Waals surface area contributed by atoms with E-state index in [0.717, 1.165) is 32.1 Å². The Morgan fingerprint density at radius 2 is 1.77 bits per heavy atom. The van der Waals surface area contributed by atoms with E-state index in [1.54, 1.807) is 18.9 Å². The van der Waals surface area contributed by atoms with E-state index in [4.69, 9.17) is 5.73 Å². The number of nitrogens with one attached hydrogen (secondary N) is 3. The molecule has 1 aliphatic carbocycles. The van der Waals surface area contributed by atoms with Gasteiger partial charge >= 0.3 is 0 Å². The van der Waals surface area contributed by atoms with E-state index in [9.17, 15) is 14.4 Å². The standard InChI is InChI=1S/C18H33N5O3/c1-11(20-2)17(25)22-15(12-7-5-4-6-8-12)18(26)23-10-13(21-3)9-14(23)16(19)24/h11-15,20-21H,4-10H2,1-3H3,(H2,19,24)(H,22,25). The Bertz CT molecular complexity index is 521. The lowest BCUT2D eigenvalue weighted by Crippen LogP contribution is -2.58. The number of rotatable bonds is 7. The van der Waals surface area contributed by atoms with Crippen LogP contribution in [0.1, 0.15) is 45.4 Å². The third kappa shape index (κ3) is 4.73. The summed E-state index contributed by atoms with van der Waals surface area (Å²) in [6.07, 6.45) is 5.61. The molecule has 1 heterocycles. The number of amides is 3. The minimum Gasteiger partial charge on any atom is -0.368 e. The van der Waals surface area contributed by atoms with E-state index in [1.165, 1.54) is 0 Å². The van der Waals surface area contributed by atoms with Gasteiger partial charge < -0.3 is 26.6 Å². The monoisotopic (exact) mass is 367 g/mol. The summed E-state index contributed by atoms with van der Waals surface area (Å²) in [4.78, 5) is 39.2. The van der Waals surface area contributed by atoms with Crippen molar-refractivity contribution >= 4 is 17.7 Å². The first kappa shape index (κ1) is 20.6. The maximum absolute atomic E-state index is 13.3. The fourth-order valence-electron chi connectivity index (χ4n) is 4.00. The van der Waals surface area contributed by atoms with Crippen LogP contribution in [-0.2, 0) is 14.4 Å². The van der Waals surface area contributed by atoms with Gasteiger partial charge in [-0.3, -0.25) is 14.4 Å². The van der Waals surface area contributed by atoms with E-state index < -0.39 is 18.0 Å². The van der Waals surface area contributed by atoms with Crippen LogP contribution in [0.4, 0.5) is 0 Å². The minimum absolute atomic E-state index is 0.0374. The third-order valence-corrected chi connectivity index (χ3v) is 5.83. The van der Waals surface area contributed by atoms with Crippen LogP contribution in [0, 0.1) is 5.92 Å². The van der Waals surface area contributed by atoms with Gasteiger partial charge in [0.25, 0.3) is 0 Å². The number of primary amides is 1. The summed E-state index contributed by atoms with van der Waals surface area (Å²) in [7, 11) is 3.52. The van der Waals surface area contributed by atoms with Gasteiger partial charge in [-0.1, -0.05) is 19.3 Å². The molecule has 148 valence electrons. The van der Waals surface area contributed by atoms with Gasteiger partial charge in [0.1, 0.15) is 12.1 Å². The second-order valence-electron chi connectivity index (χ2n) is 7.52. The van der Waals surface area contributed by atoms with Crippen molar-refractivity contribution in [3.05, 3.63) is 0 Å². The lowest BCUT2D eigenvalue weighted by molar-refractivity contribution is -0.142. The van der Waals surface area contributed by atoms with Crippen LogP contribution in [0.25, 0.3) is 0 Å². The number of nitrogens with two attached hydrogens (primary N) is 1. The summed E-state index contributed by atoms with van der Waals surface area (Å²) in [6, 6.07) is -1.57. The average Bonchev–Trinajstić information content (AvgIpc) is 3.10. The molecule has 2 aliphatic rings. The molecule has 0 bridgehead atoms. The molecular weight excluding hydrogens is 334 g/mol. The van der Waals surface area contributed by atoms with Crippen molar-refractivity contribution in [1.29, 1.82) is 0 Å². The largest absolute Gasteiger partial charge is 0.368 e. The van der Waals surface area contributed by atoms with Gasteiger partial charge in [0, 0.05) is 12.6 Å². The van der Waals surface area contributed by atoms with Crippen LogP contribution in [0.3, 0.4) is 0 Å². The number of likely N-dealkylation sites (tertiary alicyclic amines) is 1. The molecule has 2 rings (SSSR count). The highest BCUT2D eigenvalue weighted by molar-refractivity contribution is 5.93. The first-order chi connectivity index (χ1) is 12.4. The van der Waals surface area contributed by atoms with E-state index in [0.29, 0.717) is 13.0 Å². The maximum Gasteiger partial charge on any atom is 0.246 e. The van der Waals surface area contributed by atoms with Crippen molar-refractivity contribution in [2.45, 2.75) is 69.6 Å². The molecule has 0 aromatic heterocycles. The van der Waals surface area contributed by atoms with Gasteiger partial charge in [0.15, 0.2) is 0 Å². The van der Waals surface area contributed by atoms with Crippen LogP contribution in [0.2, 0.25) is 0 Å². The van der Waals surface area contributed by atoms with Gasteiger partial charge in [-0.2, -0.15) is 0 Å². The number of nitrogens with zero attached hydrogens (tertiary/aromatic N) is 1. The number of carbonyl (C=O) groups excluding carboxylic acids is 3. The molecular formula is C18H33N5O3. The van der Waals surface area contributed by atoms with E-state index in [1.807, 2.05) is 7.05 Å². The fourth-order valence-corrected chi connectivity index (χ4v) is 4.00. The lowest BCUT2D eigenvalue weighted by atomic mass is 9.83. The number of hydrogen-bond donors (Lipinski definition) is 4. The van der Waals surface area contributed by atoms with Crippen LogP contribution >= 0.6 is 0 Å². The molecule has 8 heteroatoms. The van der Waals surface area contributed by atoms with Crippen LogP contribution in [-0.4, -0.2) is 67.4 Å². The highest BCUT2D eigenvalue weighted by atomic mass is 16.2. The Morgan fingerprint density at radius 1 is 1.12 bits per heavy atom. The first-order valence-electron chi connectivity index (χ1n) is 9.63. The zero-order chi connectivity index (χ0) is 19.3. The molecule has 1 aliphatic heterocycles. The van der Waals surface area contributed by atoms with Gasteiger partial charge in [0.05, 0.1) is 6.04 Å². The predicted molar refractivity (Wildman–Crippen MR) is 99.2 cm³/mol. The molecule has 0 aromatic rings. The molecule has 0 aromatic carbocycles. The number of hydrogen-bond acceptors (Lipinski definition) is 5. The Kier molecular flexibility index (Phi) is 7.40. The van der Waals surface area contributed by atoms with Crippen molar-refractivity contribution in [3.8, 4) is 0 Å². The Labute approximate surface area is 155 Å². The van der Waals surface area contributed by atoms with E-state index >= 15 is 0 Å². The molecule has 4 unspecified atom stereocenters. The fraction of sp³-hybridized carbons (Fsp3) is 0.833. The molecule has 3 amide bonds. The molecule has 4 atom stereocenters. The number of likely N-dealkylation sites (N-methyl/N-ethyl adjacent to an activating group) is 2. The highest BCUT2D eigenvalue weighted by Gasteiger charge is 2.43. The molecule has 0 radical (unpaired) electrons. The Balaban J connectivity index is 2.20. The molecule has 0 spiro atoms. The van der Waals surface area contributed by atoms with Crippen molar-refractivity contribution in [2.24, 2.45) is 11.7 Å². The van der Waals surface area contributed by atoms with Crippen molar-refractivity contribution < 1.29 is 14.4 Å². The SMILES string of the molecule is CNC1CC(C(N)=O)N(C(=O)C(NC(=O)C(C)NC)C2CCCCC2)C1. The van der Waals surface area contributed by atoms with Gasteiger partial charge in [-0.15, -0.1) is 0 Å². The normalized spacial score (nSPS) is 26.3. The van der Waals surface area contributed by atoms with Crippen LogP contribution in [0.5, 0.6) is 0 Å². The van der Waals surface area contributed by atoms with Crippen molar-refractivity contribution in [2.75, 3.05) is 20.6 Å². The molecule has 26 heavy (non-hydrogen) atoms. The quantitative estimate of drug-likeness (QED) is 0.476. The van der Waals surface area contributed by atoms with Crippen LogP contribution < -0.4 is 21.7 Å². The Hall–Kier alpha value is -1.67. The van der Waals surface area contributed by atoms with E-state index in [-0.39, 0.29) is 29.8 Å². The second-order valence-corrected chi connectivity index (χ2v) is 7.52. The van der Waals surface area contributed by atoms with E-state index in [2.05, 4.69) is 16.0 Å². The summed E-state index contributed by atoms with van der Waals surface area (Å²) in [5.74, 6) is -0.772. The van der Waals surface area contributed by atoms with Crippen LogP contribution in [0.15, 0.2) is 0 Å². The molecule has 1 saturated carbocycles. The predicted octanol–water partition coefficient (Wildman–Crippen LogP) is -0.666. The zero-order valence-electron chi connectivity index (χ0n) is 16.1. The molecule has 2 fully saturated rings. The smallest absolute Gasteiger partial charge is 0.246 e. The summed E-state index contributed by atoms with van der Waals surface area (Å²) in [5.41, 5.74) is 5.53. The molecule has 1 saturated heterocycles. The lowest BCUT2D eigenvalue weighted by Gasteiger charge is -2.34. The molecule has 8 nitrogen and oxygen atoms in total. The summed E-state index contributed by atoms with van der Waals surface area (Å²) in [6.45, 7) is 2.19. The maximum atomic E-state index is 13.3. The minimum atomic E-state index is -0.621. The van der Waals surface area contributed by atoms with Crippen molar-refractivity contribution in [3.63, 3.8) is 0 Å². The summed E-state index contributed by atoms with van der Waals surface area (Å²) >= 11 is 0. The van der Waals surface area contributed by atoms with Gasteiger partial charge in [0.2, 0.25) is 17.7 Å². The third-order valence-electron chi connectivity index (χ3n) is 5.83. The molecule has 5 N–H and O–H groups in total.